The van der Waals surface area contributed by atoms with Gasteiger partial charge in [0.25, 0.3) is 5.91 Å². The van der Waals surface area contributed by atoms with Crippen LogP contribution in [0.15, 0.2) is 109 Å². The van der Waals surface area contributed by atoms with Gasteiger partial charge in [-0.15, -0.1) is 0 Å². The van der Waals surface area contributed by atoms with Crippen LogP contribution < -0.4 is 4.74 Å². The Balaban J connectivity index is 1.50. The second-order valence-electron chi connectivity index (χ2n) is 11.3. The van der Waals surface area contributed by atoms with Gasteiger partial charge in [-0.25, -0.2) is 4.98 Å². The molecule has 2 heterocycles. The van der Waals surface area contributed by atoms with Crippen LogP contribution in [0.25, 0.3) is 0 Å². The first-order chi connectivity index (χ1) is 19.7. The third kappa shape index (κ3) is 6.00. The highest BCUT2D eigenvalue weighted by molar-refractivity contribution is 5.93. The number of ether oxygens (including phenoxy) is 2. The first kappa shape index (κ1) is 28.1. The lowest BCUT2D eigenvalue weighted by Gasteiger charge is -2.39. The Morgan fingerprint density at radius 1 is 0.805 bits per heavy atom. The summed E-state index contributed by atoms with van der Waals surface area (Å²) >= 11 is 0. The van der Waals surface area contributed by atoms with Gasteiger partial charge in [0.15, 0.2) is 0 Å². The van der Waals surface area contributed by atoms with Crippen molar-refractivity contribution in [1.29, 1.82) is 0 Å². The van der Waals surface area contributed by atoms with Gasteiger partial charge in [-0.05, 0) is 56.2 Å². The van der Waals surface area contributed by atoms with Gasteiger partial charge in [0.1, 0.15) is 28.9 Å². The molecule has 1 saturated heterocycles. The SMILES string of the molecule is CC(C)(C)C(=O)O[C@@H]1C[C@@H](C(O)(c2ccccc2)c2ccccc2)N(C(=O)c2ccc(Oc3ccccc3)cn2)C1. The van der Waals surface area contributed by atoms with Crippen molar-refractivity contribution >= 4 is 11.9 Å². The molecule has 0 bridgehead atoms. The van der Waals surface area contributed by atoms with E-state index in [0.29, 0.717) is 22.6 Å². The van der Waals surface area contributed by atoms with Crippen molar-refractivity contribution in [3.8, 4) is 11.5 Å². The molecule has 1 amide bonds. The lowest BCUT2D eigenvalue weighted by atomic mass is 9.78. The van der Waals surface area contributed by atoms with Crippen molar-refractivity contribution in [3.63, 3.8) is 0 Å². The van der Waals surface area contributed by atoms with Gasteiger partial charge in [0.2, 0.25) is 0 Å². The molecule has 0 spiro atoms. The zero-order valence-electron chi connectivity index (χ0n) is 23.4. The Morgan fingerprint density at radius 2 is 1.37 bits per heavy atom. The molecule has 4 aromatic rings. The number of carbonyl (C=O) groups excluding carboxylic acids is 2. The minimum Gasteiger partial charge on any atom is -0.460 e. The molecular weight excluding hydrogens is 516 g/mol. The van der Waals surface area contributed by atoms with Crippen LogP contribution >= 0.6 is 0 Å². The molecule has 1 fully saturated rings. The van der Waals surface area contributed by atoms with Crippen molar-refractivity contribution in [2.75, 3.05) is 6.54 Å². The van der Waals surface area contributed by atoms with Crippen molar-refractivity contribution < 1.29 is 24.2 Å². The number of hydrogen-bond donors (Lipinski definition) is 1. The van der Waals surface area contributed by atoms with Crippen LogP contribution in [0.1, 0.15) is 48.8 Å². The number of pyridine rings is 1. The van der Waals surface area contributed by atoms with Crippen LogP contribution in [-0.2, 0) is 15.1 Å². The molecule has 1 aromatic heterocycles. The molecule has 0 radical (unpaired) electrons. The lowest BCUT2D eigenvalue weighted by Crippen LogP contribution is -2.50. The molecular formula is C34H34N2O5. The van der Waals surface area contributed by atoms with Crippen LogP contribution in [0.5, 0.6) is 11.5 Å². The number of para-hydroxylation sites is 1. The Hall–Kier alpha value is -4.49. The quantitative estimate of drug-likeness (QED) is 0.285. The monoisotopic (exact) mass is 550 g/mol. The van der Waals surface area contributed by atoms with Gasteiger partial charge in [-0.3, -0.25) is 9.59 Å². The predicted molar refractivity (Wildman–Crippen MR) is 155 cm³/mol. The van der Waals surface area contributed by atoms with E-state index in [9.17, 15) is 14.7 Å². The molecule has 2 atom stereocenters. The van der Waals surface area contributed by atoms with Crippen LogP contribution in [0.3, 0.4) is 0 Å². The molecule has 1 aliphatic heterocycles. The van der Waals surface area contributed by atoms with Crippen LogP contribution in [-0.4, -0.2) is 45.6 Å². The fourth-order valence-electron chi connectivity index (χ4n) is 5.11. The predicted octanol–water partition coefficient (Wildman–Crippen LogP) is 5.98. The number of esters is 1. The highest BCUT2D eigenvalue weighted by Crippen LogP contribution is 2.42. The molecule has 0 saturated carbocycles. The minimum atomic E-state index is -1.57. The number of benzene rings is 3. The molecule has 1 aliphatic rings. The van der Waals surface area contributed by atoms with Crippen LogP contribution in [0.4, 0.5) is 0 Å². The second kappa shape index (κ2) is 11.6. The van der Waals surface area contributed by atoms with E-state index in [2.05, 4.69) is 4.98 Å². The fourth-order valence-corrected chi connectivity index (χ4v) is 5.11. The van der Waals surface area contributed by atoms with E-state index >= 15 is 0 Å². The zero-order valence-corrected chi connectivity index (χ0v) is 23.4. The average molecular weight is 551 g/mol. The summed E-state index contributed by atoms with van der Waals surface area (Å²) in [6, 6.07) is 30.4. The molecule has 1 N–H and O–H groups in total. The Morgan fingerprint density at radius 3 is 1.88 bits per heavy atom. The maximum Gasteiger partial charge on any atom is 0.311 e. The topological polar surface area (TPSA) is 89.0 Å². The first-order valence-corrected chi connectivity index (χ1v) is 13.7. The van der Waals surface area contributed by atoms with Gasteiger partial charge in [-0.1, -0.05) is 78.9 Å². The molecule has 0 unspecified atom stereocenters. The van der Waals surface area contributed by atoms with Crippen molar-refractivity contribution in [1.82, 2.24) is 9.88 Å². The Bertz CT molecular complexity index is 1430. The summed E-state index contributed by atoms with van der Waals surface area (Å²) < 4.78 is 11.7. The number of nitrogens with zero attached hydrogens (tertiary/aromatic N) is 2. The molecule has 7 heteroatoms. The Kier molecular flexibility index (Phi) is 7.90. The van der Waals surface area contributed by atoms with E-state index in [0.717, 1.165) is 0 Å². The van der Waals surface area contributed by atoms with Crippen molar-refractivity contribution in [2.45, 2.75) is 44.9 Å². The summed E-state index contributed by atoms with van der Waals surface area (Å²) in [5.41, 5.74) is -0.815. The van der Waals surface area contributed by atoms with Crippen LogP contribution in [0, 0.1) is 5.41 Å². The van der Waals surface area contributed by atoms with E-state index in [-0.39, 0.29) is 30.5 Å². The van der Waals surface area contributed by atoms with E-state index < -0.39 is 23.2 Å². The molecule has 5 rings (SSSR count). The second-order valence-corrected chi connectivity index (χ2v) is 11.3. The maximum atomic E-state index is 14.0. The van der Waals surface area contributed by atoms with Gasteiger partial charge < -0.3 is 19.5 Å². The number of aliphatic hydroxyl groups is 1. The van der Waals surface area contributed by atoms with Gasteiger partial charge in [-0.2, -0.15) is 0 Å². The first-order valence-electron chi connectivity index (χ1n) is 13.7. The summed E-state index contributed by atoms with van der Waals surface area (Å²) in [7, 11) is 0. The number of hydrogen-bond acceptors (Lipinski definition) is 6. The third-order valence-electron chi connectivity index (χ3n) is 7.25. The summed E-state index contributed by atoms with van der Waals surface area (Å²) in [5.74, 6) is 0.417. The van der Waals surface area contributed by atoms with Crippen molar-refractivity contribution in [3.05, 3.63) is 126 Å². The van der Waals surface area contributed by atoms with Gasteiger partial charge in [0, 0.05) is 6.42 Å². The summed E-state index contributed by atoms with van der Waals surface area (Å²) in [5, 5.41) is 12.6. The van der Waals surface area contributed by atoms with E-state index in [1.54, 1.807) is 37.8 Å². The minimum absolute atomic E-state index is 0.122. The smallest absolute Gasteiger partial charge is 0.311 e. The van der Waals surface area contributed by atoms with E-state index in [4.69, 9.17) is 9.47 Å². The standard InChI is InChI=1S/C34H34N2O5/c1-33(2,3)32(38)41-28-21-30(34(39,24-13-7-4-8-14-24)25-15-9-5-10-16-25)36(23-28)31(37)29-20-19-27(22-35-29)40-26-17-11-6-12-18-26/h4-20,22,28,30,39H,21,23H2,1-3H3/t28-,30+/m1/s1. The maximum absolute atomic E-state index is 14.0. The molecule has 41 heavy (non-hydrogen) atoms. The lowest BCUT2D eigenvalue weighted by molar-refractivity contribution is -0.158. The molecule has 3 aromatic carbocycles. The van der Waals surface area contributed by atoms with E-state index in [1.807, 2.05) is 91.0 Å². The molecule has 210 valence electrons. The fraction of sp³-hybridized carbons (Fsp3) is 0.265. The summed E-state index contributed by atoms with van der Waals surface area (Å²) in [6.07, 6.45) is 1.15. The normalized spacial score (nSPS) is 17.2. The highest BCUT2D eigenvalue weighted by atomic mass is 16.5. The number of rotatable bonds is 7. The average Bonchev–Trinajstić information content (AvgIpc) is 3.42. The van der Waals surface area contributed by atoms with Gasteiger partial charge >= 0.3 is 5.97 Å². The Labute approximate surface area is 240 Å². The highest BCUT2D eigenvalue weighted by Gasteiger charge is 2.51. The molecule has 0 aliphatic carbocycles. The third-order valence-corrected chi connectivity index (χ3v) is 7.25. The van der Waals surface area contributed by atoms with Gasteiger partial charge in [0.05, 0.1) is 24.2 Å². The number of likely N-dealkylation sites (tertiary alicyclic amines) is 1. The number of aromatic nitrogens is 1. The number of carbonyl (C=O) groups is 2. The van der Waals surface area contributed by atoms with Crippen molar-refractivity contribution in [2.24, 2.45) is 5.41 Å². The van der Waals surface area contributed by atoms with Crippen LogP contribution in [0.2, 0.25) is 0 Å². The summed E-state index contributed by atoms with van der Waals surface area (Å²) in [4.78, 5) is 32.9. The van der Waals surface area contributed by atoms with E-state index in [1.165, 1.54) is 6.20 Å². The number of amides is 1. The zero-order chi connectivity index (χ0) is 29.0. The molecule has 7 nitrogen and oxygen atoms in total. The largest absolute Gasteiger partial charge is 0.460 e. The summed E-state index contributed by atoms with van der Waals surface area (Å²) in [6.45, 7) is 5.49.